The lowest BCUT2D eigenvalue weighted by Crippen LogP contribution is -2.46. The second-order valence-electron chi connectivity index (χ2n) is 4.25. The summed E-state index contributed by atoms with van der Waals surface area (Å²) in [5.41, 5.74) is 6.44. The highest BCUT2D eigenvalue weighted by Crippen LogP contribution is 2.09. The predicted octanol–water partition coefficient (Wildman–Crippen LogP) is 2.01. The Morgan fingerprint density at radius 2 is 2.00 bits per heavy atom. The molecule has 3 amide bonds. The number of urea groups is 1. The second kappa shape index (κ2) is 9.20. The van der Waals surface area contributed by atoms with Gasteiger partial charge in [-0.3, -0.25) is 0 Å². The van der Waals surface area contributed by atoms with E-state index in [1.54, 1.807) is 19.1 Å². The molecule has 3 N–H and O–H groups in total. The monoisotopic (exact) mass is 313 g/mol. The van der Waals surface area contributed by atoms with Crippen LogP contribution in [-0.2, 0) is 11.2 Å². The quantitative estimate of drug-likeness (QED) is 0.841. The first kappa shape index (κ1) is 17.3. The zero-order valence-corrected chi connectivity index (χ0v) is 12.7. The molecule has 1 rings (SSSR count). The van der Waals surface area contributed by atoms with E-state index in [0.717, 1.165) is 10.5 Å². The molecule has 0 aliphatic heterocycles. The average molecular weight is 314 g/mol. The first-order valence-electron chi connectivity index (χ1n) is 6.75. The third kappa shape index (κ3) is 6.01. The Morgan fingerprint density at radius 1 is 1.33 bits per heavy atom. The Kier molecular flexibility index (Phi) is 7.56. The molecule has 6 nitrogen and oxygen atoms in total. The number of carbonyl (C=O) groups is 2. The number of rotatable bonds is 6. The molecule has 116 valence electrons. The molecule has 1 aromatic rings. The van der Waals surface area contributed by atoms with Crippen LogP contribution in [-0.4, -0.2) is 43.3 Å². The summed E-state index contributed by atoms with van der Waals surface area (Å²) in [5.74, 6) is 0. The maximum Gasteiger partial charge on any atom is 0.418 e. The summed E-state index contributed by atoms with van der Waals surface area (Å²) in [7, 11) is 0. The van der Waals surface area contributed by atoms with Crippen LogP contribution in [0, 0.1) is 0 Å². The molecule has 0 aliphatic rings. The zero-order valence-electron chi connectivity index (χ0n) is 12.0. The SMILES string of the molecule is CCOC(=O)N(CCN)C(=O)NCCc1ccc(Cl)cc1. The van der Waals surface area contributed by atoms with Gasteiger partial charge in [0.05, 0.1) is 6.61 Å². The van der Waals surface area contributed by atoms with E-state index in [4.69, 9.17) is 22.1 Å². The number of nitrogens with one attached hydrogen (secondary N) is 1. The smallest absolute Gasteiger partial charge is 0.418 e. The van der Waals surface area contributed by atoms with Crippen LogP contribution in [0.3, 0.4) is 0 Å². The van der Waals surface area contributed by atoms with Gasteiger partial charge < -0.3 is 15.8 Å². The van der Waals surface area contributed by atoms with Gasteiger partial charge in [-0.05, 0) is 31.0 Å². The van der Waals surface area contributed by atoms with Crippen molar-refractivity contribution in [2.75, 3.05) is 26.2 Å². The zero-order chi connectivity index (χ0) is 15.7. The van der Waals surface area contributed by atoms with Crippen LogP contribution >= 0.6 is 11.6 Å². The minimum Gasteiger partial charge on any atom is -0.449 e. The largest absolute Gasteiger partial charge is 0.449 e. The molecule has 0 heterocycles. The van der Waals surface area contributed by atoms with Gasteiger partial charge in [-0.1, -0.05) is 23.7 Å². The van der Waals surface area contributed by atoms with Gasteiger partial charge in [0.15, 0.2) is 0 Å². The van der Waals surface area contributed by atoms with Crippen molar-refractivity contribution in [2.24, 2.45) is 5.73 Å². The van der Waals surface area contributed by atoms with E-state index in [0.29, 0.717) is 18.0 Å². The highest BCUT2D eigenvalue weighted by molar-refractivity contribution is 6.30. The van der Waals surface area contributed by atoms with Crippen molar-refractivity contribution in [3.05, 3.63) is 34.9 Å². The van der Waals surface area contributed by atoms with Gasteiger partial charge in [-0.15, -0.1) is 0 Å². The van der Waals surface area contributed by atoms with Gasteiger partial charge in [0.1, 0.15) is 0 Å². The van der Waals surface area contributed by atoms with Crippen molar-refractivity contribution in [1.29, 1.82) is 0 Å². The predicted molar refractivity (Wildman–Crippen MR) is 81.3 cm³/mol. The number of nitrogens with two attached hydrogens (primary N) is 1. The van der Waals surface area contributed by atoms with Crippen molar-refractivity contribution in [2.45, 2.75) is 13.3 Å². The molecule has 0 aliphatic carbocycles. The number of hydrogen-bond acceptors (Lipinski definition) is 4. The van der Waals surface area contributed by atoms with E-state index in [-0.39, 0.29) is 19.7 Å². The molecule has 0 radical (unpaired) electrons. The number of nitrogens with zero attached hydrogens (tertiary/aromatic N) is 1. The maximum atomic E-state index is 11.9. The number of amides is 3. The summed E-state index contributed by atoms with van der Waals surface area (Å²) in [6.45, 7) is 2.59. The number of hydrogen-bond donors (Lipinski definition) is 2. The fraction of sp³-hybridized carbons (Fsp3) is 0.429. The third-order valence-corrected chi connectivity index (χ3v) is 2.94. The van der Waals surface area contributed by atoms with Crippen molar-refractivity contribution >= 4 is 23.7 Å². The first-order valence-corrected chi connectivity index (χ1v) is 7.13. The van der Waals surface area contributed by atoms with Crippen LogP contribution in [0.5, 0.6) is 0 Å². The highest BCUT2D eigenvalue weighted by Gasteiger charge is 2.21. The van der Waals surface area contributed by atoms with Gasteiger partial charge in [-0.25, -0.2) is 14.5 Å². The molecule has 0 aromatic heterocycles. The lowest BCUT2D eigenvalue weighted by atomic mass is 10.1. The van der Waals surface area contributed by atoms with Gasteiger partial charge in [0, 0.05) is 24.7 Å². The summed E-state index contributed by atoms with van der Waals surface area (Å²) in [6.07, 6.45) is -0.0469. The van der Waals surface area contributed by atoms with E-state index in [9.17, 15) is 9.59 Å². The minimum atomic E-state index is -0.688. The van der Waals surface area contributed by atoms with Crippen LogP contribution in [0.1, 0.15) is 12.5 Å². The van der Waals surface area contributed by atoms with Gasteiger partial charge in [-0.2, -0.15) is 0 Å². The number of halogens is 1. The molecule has 0 atom stereocenters. The molecule has 0 bridgehead atoms. The van der Waals surface area contributed by atoms with Crippen LogP contribution < -0.4 is 11.1 Å². The van der Waals surface area contributed by atoms with Crippen molar-refractivity contribution < 1.29 is 14.3 Å². The van der Waals surface area contributed by atoms with E-state index in [1.165, 1.54) is 0 Å². The highest BCUT2D eigenvalue weighted by atomic mass is 35.5. The molecule has 0 spiro atoms. The average Bonchev–Trinajstić information content (AvgIpc) is 2.47. The Morgan fingerprint density at radius 3 is 2.57 bits per heavy atom. The number of benzene rings is 1. The molecule has 0 saturated carbocycles. The molecule has 1 aromatic carbocycles. The molecule has 21 heavy (non-hydrogen) atoms. The Labute approximate surface area is 129 Å². The van der Waals surface area contributed by atoms with E-state index in [1.807, 2.05) is 12.1 Å². The summed E-state index contributed by atoms with van der Waals surface area (Å²) < 4.78 is 4.81. The Hall–Kier alpha value is -1.79. The lowest BCUT2D eigenvalue weighted by Gasteiger charge is -2.19. The fourth-order valence-electron chi connectivity index (χ4n) is 1.67. The van der Waals surface area contributed by atoms with Crippen LogP contribution in [0.15, 0.2) is 24.3 Å². The molecule has 0 fully saturated rings. The number of carbonyl (C=O) groups excluding carboxylic acids is 2. The summed E-state index contributed by atoms with van der Waals surface area (Å²) >= 11 is 5.80. The molecule has 0 saturated heterocycles. The van der Waals surface area contributed by atoms with E-state index >= 15 is 0 Å². The van der Waals surface area contributed by atoms with Gasteiger partial charge >= 0.3 is 12.1 Å². The summed E-state index contributed by atoms with van der Waals surface area (Å²) in [6, 6.07) is 6.85. The second-order valence-corrected chi connectivity index (χ2v) is 4.68. The van der Waals surface area contributed by atoms with Crippen LogP contribution in [0.2, 0.25) is 5.02 Å². The molecular formula is C14H20ClN3O3. The number of imide groups is 1. The van der Waals surface area contributed by atoms with Crippen molar-refractivity contribution in [1.82, 2.24) is 10.2 Å². The topological polar surface area (TPSA) is 84.7 Å². The standard InChI is InChI=1S/C14H20ClN3O3/c1-2-21-14(20)18(10-8-16)13(19)17-9-7-11-3-5-12(15)6-4-11/h3-6H,2,7-10,16H2,1H3,(H,17,19). The fourth-order valence-corrected chi connectivity index (χ4v) is 1.79. The minimum absolute atomic E-state index is 0.117. The van der Waals surface area contributed by atoms with E-state index < -0.39 is 12.1 Å². The van der Waals surface area contributed by atoms with Crippen molar-refractivity contribution in [3.63, 3.8) is 0 Å². The number of ether oxygens (including phenoxy) is 1. The Balaban J connectivity index is 2.45. The lowest BCUT2D eigenvalue weighted by molar-refractivity contribution is 0.115. The normalized spacial score (nSPS) is 10.0. The summed E-state index contributed by atoms with van der Waals surface area (Å²) in [5, 5.41) is 3.33. The van der Waals surface area contributed by atoms with Crippen LogP contribution in [0.4, 0.5) is 9.59 Å². The first-order chi connectivity index (χ1) is 10.1. The molecule has 0 unspecified atom stereocenters. The molecular weight excluding hydrogens is 294 g/mol. The molecule has 7 heteroatoms. The third-order valence-electron chi connectivity index (χ3n) is 2.69. The van der Waals surface area contributed by atoms with Gasteiger partial charge in [0.2, 0.25) is 0 Å². The maximum absolute atomic E-state index is 11.9. The van der Waals surface area contributed by atoms with Crippen molar-refractivity contribution in [3.8, 4) is 0 Å². The van der Waals surface area contributed by atoms with E-state index in [2.05, 4.69) is 5.32 Å². The van der Waals surface area contributed by atoms with Gasteiger partial charge in [0.25, 0.3) is 0 Å². The summed E-state index contributed by atoms with van der Waals surface area (Å²) in [4.78, 5) is 24.5. The Bertz CT molecular complexity index is 465. The van der Waals surface area contributed by atoms with Crippen LogP contribution in [0.25, 0.3) is 0 Å².